The zero-order valence-electron chi connectivity index (χ0n) is 9.37. The maximum atomic E-state index is 10.9. The van der Waals surface area contributed by atoms with Crippen molar-refractivity contribution in [3.63, 3.8) is 0 Å². The van der Waals surface area contributed by atoms with Gasteiger partial charge < -0.3 is 15.4 Å². The molecule has 0 saturated heterocycles. The molecule has 0 radical (unpaired) electrons. The smallest absolute Gasteiger partial charge is 0.174 e. The summed E-state index contributed by atoms with van der Waals surface area (Å²) in [7, 11) is 0. The van der Waals surface area contributed by atoms with Crippen LogP contribution < -0.4 is 5.73 Å². The summed E-state index contributed by atoms with van der Waals surface area (Å²) in [4.78, 5) is 15.0. The van der Waals surface area contributed by atoms with Crippen LogP contribution in [0, 0.1) is 0 Å². The lowest BCUT2D eigenvalue weighted by molar-refractivity contribution is -0.125. The van der Waals surface area contributed by atoms with Gasteiger partial charge in [0.15, 0.2) is 11.6 Å². The second kappa shape index (κ2) is 4.46. The van der Waals surface area contributed by atoms with Gasteiger partial charge in [-0.3, -0.25) is 4.79 Å². The summed E-state index contributed by atoms with van der Waals surface area (Å²) in [5, 5.41) is 16.9. The monoisotopic (exact) mass is 235 g/mol. The predicted octanol–water partition coefficient (Wildman–Crippen LogP) is -0.252. The van der Waals surface area contributed by atoms with E-state index in [0.29, 0.717) is 18.5 Å². The second-order valence-corrected chi connectivity index (χ2v) is 3.82. The molecule has 0 saturated carbocycles. The Balaban J connectivity index is 2.20. The van der Waals surface area contributed by atoms with Gasteiger partial charge in [-0.25, -0.2) is 4.98 Å². The molecule has 90 valence electrons. The number of carbonyl (C=O) groups excluding carboxylic acids is 1. The number of aryl methyl sites for hydroxylation is 1. The number of aromatic nitrogens is 4. The summed E-state index contributed by atoms with van der Waals surface area (Å²) in [6, 6.07) is 0. The highest BCUT2D eigenvalue weighted by molar-refractivity contribution is 5.83. The van der Waals surface area contributed by atoms with Gasteiger partial charge in [0.2, 0.25) is 0 Å². The van der Waals surface area contributed by atoms with Gasteiger partial charge in [0.25, 0.3) is 0 Å². The molecule has 1 atom stereocenters. The number of ketones is 1. The molecule has 0 bridgehead atoms. The Bertz CT molecular complexity index is 551. The molecule has 1 unspecified atom stereocenters. The summed E-state index contributed by atoms with van der Waals surface area (Å²) < 4.78 is 1.78. The third-order valence-electron chi connectivity index (χ3n) is 2.58. The largest absolute Gasteiger partial charge is 0.385 e. The zero-order chi connectivity index (χ0) is 12.4. The van der Waals surface area contributed by atoms with Crippen LogP contribution in [-0.4, -0.2) is 36.7 Å². The van der Waals surface area contributed by atoms with Gasteiger partial charge in [-0.1, -0.05) is 0 Å². The number of anilines is 1. The maximum Gasteiger partial charge on any atom is 0.174 e. The fraction of sp³-hybridized carbons (Fsp3) is 0.400. The third-order valence-corrected chi connectivity index (χ3v) is 2.58. The number of fused-ring (bicyclic) bond motifs is 1. The quantitative estimate of drug-likeness (QED) is 0.756. The van der Waals surface area contributed by atoms with Gasteiger partial charge in [0.1, 0.15) is 11.6 Å². The minimum Gasteiger partial charge on any atom is -0.385 e. The number of hydrogen-bond donors (Lipinski definition) is 2. The van der Waals surface area contributed by atoms with E-state index >= 15 is 0 Å². The molecule has 2 heterocycles. The first-order chi connectivity index (χ1) is 8.09. The molecule has 3 N–H and O–H groups in total. The minimum absolute atomic E-state index is 0.242. The number of imidazole rings is 1. The molecule has 2 aromatic heterocycles. The summed E-state index contributed by atoms with van der Waals surface area (Å²) in [5.74, 6) is 0.0297. The first-order valence-electron chi connectivity index (χ1n) is 5.20. The SMILES string of the molecule is CC(=O)C(O)CCn1cnc2c(N)nncc21. The van der Waals surface area contributed by atoms with E-state index in [9.17, 15) is 9.90 Å². The highest BCUT2D eigenvalue weighted by Gasteiger charge is 2.11. The Kier molecular flexibility index (Phi) is 3.01. The number of aliphatic hydroxyl groups is 1. The Morgan fingerprint density at radius 2 is 2.41 bits per heavy atom. The fourth-order valence-electron chi connectivity index (χ4n) is 1.56. The molecule has 0 amide bonds. The Hall–Kier alpha value is -2.02. The zero-order valence-corrected chi connectivity index (χ0v) is 9.37. The molecule has 0 aliphatic rings. The number of nitrogens with two attached hydrogens (primary N) is 1. The van der Waals surface area contributed by atoms with Crippen molar-refractivity contribution in [2.75, 3.05) is 5.73 Å². The van der Waals surface area contributed by atoms with E-state index in [0.717, 1.165) is 5.52 Å². The van der Waals surface area contributed by atoms with Gasteiger partial charge in [0.05, 0.1) is 18.0 Å². The van der Waals surface area contributed by atoms with Crippen molar-refractivity contribution in [1.29, 1.82) is 0 Å². The molecule has 0 aliphatic heterocycles. The van der Waals surface area contributed by atoms with Gasteiger partial charge >= 0.3 is 0 Å². The van der Waals surface area contributed by atoms with Crippen molar-refractivity contribution in [2.24, 2.45) is 0 Å². The van der Waals surface area contributed by atoms with Crippen LogP contribution in [0.3, 0.4) is 0 Å². The van der Waals surface area contributed by atoms with E-state index in [4.69, 9.17) is 5.73 Å². The highest BCUT2D eigenvalue weighted by atomic mass is 16.3. The van der Waals surface area contributed by atoms with Gasteiger partial charge in [-0.15, -0.1) is 5.10 Å². The standard InChI is InChI=1S/C10H13N5O2/c1-6(16)8(17)2-3-15-5-12-9-7(15)4-13-14-10(9)11/h4-5,8,17H,2-3H2,1H3,(H2,11,14). The lowest BCUT2D eigenvalue weighted by atomic mass is 10.2. The van der Waals surface area contributed by atoms with E-state index in [1.54, 1.807) is 17.1 Å². The molecule has 0 fully saturated rings. The van der Waals surface area contributed by atoms with Crippen molar-refractivity contribution in [2.45, 2.75) is 26.0 Å². The van der Waals surface area contributed by atoms with Gasteiger partial charge in [0, 0.05) is 6.54 Å². The average Bonchev–Trinajstić information content (AvgIpc) is 2.70. The molecular formula is C10H13N5O2. The number of rotatable bonds is 4. The van der Waals surface area contributed by atoms with E-state index in [2.05, 4.69) is 15.2 Å². The Labute approximate surface area is 97.3 Å². The molecular weight excluding hydrogens is 222 g/mol. The van der Waals surface area contributed by atoms with E-state index in [1.807, 2.05) is 0 Å². The lowest BCUT2D eigenvalue weighted by Crippen LogP contribution is -2.19. The molecule has 0 aliphatic carbocycles. The maximum absolute atomic E-state index is 10.9. The van der Waals surface area contributed by atoms with Crippen LogP contribution in [0.1, 0.15) is 13.3 Å². The third kappa shape index (κ3) is 2.23. The molecule has 0 spiro atoms. The average molecular weight is 235 g/mol. The number of hydrogen-bond acceptors (Lipinski definition) is 6. The van der Waals surface area contributed by atoms with E-state index < -0.39 is 6.10 Å². The Morgan fingerprint density at radius 1 is 1.65 bits per heavy atom. The highest BCUT2D eigenvalue weighted by Crippen LogP contribution is 2.15. The topological polar surface area (TPSA) is 107 Å². The fourth-order valence-corrected chi connectivity index (χ4v) is 1.56. The number of nitrogens with zero attached hydrogens (tertiary/aromatic N) is 4. The number of aliphatic hydroxyl groups excluding tert-OH is 1. The Morgan fingerprint density at radius 3 is 3.12 bits per heavy atom. The summed E-state index contributed by atoms with van der Waals surface area (Å²) in [6.07, 6.45) is 2.54. The summed E-state index contributed by atoms with van der Waals surface area (Å²) in [5.41, 5.74) is 6.95. The normalized spacial score (nSPS) is 12.8. The number of nitrogen functional groups attached to an aromatic ring is 1. The van der Waals surface area contributed by atoms with Gasteiger partial charge in [-0.05, 0) is 13.3 Å². The molecule has 17 heavy (non-hydrogen) atoms. The van der Waals surface area contributed by atoms with Crippen LogP contribution in [0.2, 0.25) is 0 Å². The lowest BCUT2D eigenvalue weighted by Gasteiger charge is -2.07. The van der Waals surface area contributed by atoms with Crippen molar-refractivity contribution in [1.82, 2.24) is 19.7 Å². The molecule has 7 nitrogen and oxygen atoms in total. The van der Waals surface area contributed by atoms with Crippen molar-refractivity contribution in [3.05, 3.63) is 12.5 Å². The van der Waals surface area contributed by atoms with Crippen molar-refractivity contribution >= 4 is 22.6 Å². The number of Topliss-reactive ketones (excluding diaryl/α,β-unsaturated/α-hetero) is 1. The van der Waals surface area contributed by atoms with Crippen LogP contribution in [-0.2, 0) is 11.3 Å². The molecule has 2 rings (SSSR count). The van der Waals surface area contributed by atoms with Crippen LogP contribution in [0.5, 0.6) is 0 Å². The summed E-state index contributed by atoms with van der Waals surface area (Å²) >= 11 is 0. The molecule has 0 aromatic carbocycles. The summed E-state index contributed by atoms with van der Waals surface area (Å²) in [6.45, 7) is 1.84. The van der Waals surface area contributed by atoms with Crippen LogP contribution in [0.4, 0.5) is 5.82 Å². The van der Waals surface area contributed by atoms with Crippen LogP contribution in [0.15, 0.2) is 12.5 Å². The van der Waals surface area contributed by atoms with Crippen molar-refractivity contribution < 1.29 is 9.90 Å². The number of carbonyl (C=O) groups is 1. The first-order valence-corrected chi connectivity index (χ1v) is 5.20. The molecule has 2 aromatic rings. The van der Waals surface area contributed by atoms with E-state index in [-0.39, 0.29) is 11.6 Å². The van der Waals surface area contributed by atoms with Crippen LogP contribution in [0.25, 0.3) is 11.0 Å². The first kappa shape index (κ1) is 11.5. The molecule has 7 heteroatoms. The van der Waals surface area contributed by atoms with Crippen LogP contribution >= 0.6 is 0 Å². The van der Waals surface area contributed by atoms with Gasteiger partial charge in [-0.2, -0.15) is 5.10 Å². The second-order valence-electron chi connectivity index (χ2n) is 3.82. The van der Waals surface area contributed by atoms with E-state index in [1.165, 1.54) is 6.92 Å². The minimum atomic E-state index is -0.945. The predicted molar refractivity (Wildman–Crippen MR) is 61.0 cm³/mol. The van der Waals surface area contributed by atoms with Crippen molar-refractivity contribution in [3.8, 4) is 0 Å².